The van der Waals surface area contributed by atoms with Crippen LogP contribution in [0.1, 0.15) is 44.6 Å². The molecule has 188 valence electrons. The van der Waals surface area contributed by atoms with Crippen LogP contribution in [0.3, 0.4) is 0 Å². The van der Waals surface area contributed by atoms with Gasteiger partial charge >= 0.3 is 0 Å². The molecule has 35 heavy (non-hydrogen) atoms. The molecule has 0 radical (unpaired) electrons. The quantitative estimate of drug-likeness (QED) is 0.368. The third-order valence-corrected chi connectivity index (χ3v) is 7.04. The Bertz CT molecular complexity index is 1170. The smallest absolute Gasteiger partial charge is 0.224 e. The first-order valence-electron chi connectivity index (χ1n) is 11.8. The van der Waals surface area contributed by atoms with Crippen molar-refractivity contribution in [2.45, 2.75) is 56.8 Å². The minimum Gasteiger partial charge on any atom is -0.381 e. The maximum absolute atomic E-state index is 14.6. The highest BCUT2D eigenvalue weighted by Gasteiger charge is 2.29. The average molecular weight is 508 g/mol. The maximum atomic E-state index is 14.6. The summed E-state index contributed by atoms with van der Waals surface area (Å²) in [5, 5.41) is 16.0. The molecule has 2 fully saturated rings. The van der Waals surface area contributed by atoms with E-state index in [0.717, 1.165) is 25.0 Å². The van der Waals surface area contributed by atoms with Crippen molar-refractivity contribution in [2.75, 3.05) is 23.8 Å². The van der Waals surface area contributed by atoms with E-state index in [9.17, 15) is 13.9 Å². The molecule has 5 rings (SSSR count). The van der Waals surface area contributed by atoms with Crippen molar-refractivity contribution in [3.8, 4) is 0 Å². The first kappa shape index (κ1) is 24.1. The van der Waals surface area contributed by atoms with Gasteiger partial charge in [0.2, 0.25) is 11.9 Å². The Hall–Kier alpha value is -2.60. The number of halogens is 3. The van der Waals surface area contributed by atoms with Gasteiger partial charge in [0.1, 0.15) is 17.4 Å². The Morgan fingerprint density at radius 3 is 2.43 bits per heavy atom. The highest BCUT2D eigenvalue weighted by molar-refractivity contribution is 6.30. The van der Waals surface area contributed by atoms with Crippen molar-refractivity contribution >= 4 is 40.3 Å². The van der Waals surface area contributed by atoms with Crippen molar-refractivity contribution in [1.82, 2.24) is 19.5 Å². The molecular formula is C23H28ClF2N7O2. The van der Waals surface area contributed by atoms with E-state index in [1.165, 1.54) is 0 Å². The second-order valence-electron chi connectivity index (χ2n) is 9.17. The Kier molecular flexibility index (Phi) is 7.01. The molecule has 0 amide bonds. The number of benzene rings is 1. The number of nitrogens with two attached hydrogens (primary N) is 1. The van der Waals surface area contributed by atoms with Crippen molar-refractivity contribution in [3.63, 3.8) is 0 Å². The maximum Gasteiger partial charge on any atom is 0.224 e. The number of nitrogens with one attached hydrogen (secondary N) is 2. The third-order valence-electron chi connectivity index (χ3n) is 6.82. The summed E-state index contributed by atoms with van der Waals surface area (Å²) in [6.07, 6.45) is 5.28. The summed E-state index contributed by atoms with van der Waals surface area (Å²) < 4.78 is 36.4. The number of anilines is 3. The number of ether oxygens (including phenoxy) is 1. The SMILES string of the molecule is NC(O)C1CCC(n2c(Nc3c(F)cc(Cl)cc3F)nc3cnc(NC4CCOCC4)nc32)CC1. The van der Waals surface area contributed by atoms with Crippen LogP contribution in [-0.2, 0) is 4.74 Å². The monoisotopic (exact) mass is 507 g/mol. The van der Waals surface area contributed by atoms with E-state index in [4.69, 9.17) is 27.1 Å². The van der Waals surface area contributed by atoms with Crippen molar-refractivity contribution in [1.29, 1.82) is 0 Å². The van der Waals surface area contributed by atoms with Crippen LogP contribution in [0, 0.1) is 17.6 Å². The molecule has 12 heteroatoms. The van der Waals surface area contributed by atoms with Gasteiger partial charge in [-0.05, 0) is 56.6 Å². The van der Waals surface area contributed by atoms with Crippen molar-refractivity contribution < 1.29 is 18.6 Å². The van der Waals surface area contributed by atoms with E-state index in [2.05, 4.69) is 20.6 Å². The van der Waals surface area contributed by atoms with Crippen LogP contribution in [0.25, 0.3) is 11.2 Å². The fourth-order valence-electron chi connectivity index (χ4n) is 4.89. The van der Waals surface area contributed by atoms with E-state index in [1.54, 1.807) is 6.20 Å². The number of nitrogens with zero attached hydrogens (tertiary/aromatic N) is 4. The van der Waals surface area contributed by atoms with Gasteiger partial charge in [0.05, 0.1) is 6.20 Å². The summed E-state index contributed by atoms with van der Waals surface area (Å²) in [5.41, 5.74) is 6.42. The van der Waals surface area contributed by atoms with Crippen LogP contribution >= 0.6 is 11.6 Å². The predicted molar refractivity (Wildman–Crippen MR) is 129 cm³/mol. The largest absolute Gasteiger partial charge is 0.381 e. The summed E-state index contributed by atoms with van der Waals surface area (Å²) in [4.78, 5) is 13.7. The Morgan fingerprint density at radius 1 is 1.09 bits per heavy atom. The number of aliphatic hydroxyl groups excluding tert-OH is 1. The van der Waals surface area contributed by atoms with E-state index in [1.807, 2.05) is 4.57 Å². The second kappa shape index (κ2) is 10.2. The summed E-state index contributed by atoms with van der Waals surface area (Å²) in [5.74, 6) is -0.918. The molecule has 3 heterocycles. The van der Waals surface area contributed by atoms with E-state index in [-0.39, 0.29) is 34.7 Å². The number of aromatic nitrogens is 4. The average Bonchev–Trinajstić information content (AvgIpc) is 3.19. The molecule has 1 atom stereocenters. The zero-order valence-electron chi connectivity index (χ0n) is 19.1. The highest BCUT2D eigenvalue weighted by atomic mass is 35.5. The number of rotatable bonds is 6. The van der Waals surface area contributed by atoms with Gasteiger partial charge in [-0.1, -0.05) is 11.6 Å². The number of hydrogen-bond acceptors (Lipinski definition) is 8. The van der Waals surface area contributed by atoms with Gasteiger partial charge in [0.25, 0.3) is 0 Å². The molecule has 0 spiro atoms. The fraction of sp³-hybridized carbons (Fsp3) is 0.522. The van der Waals surface area contributed by atoms with E-state index < -0.39 is 17.9 Å². The molecule has 1 aromatic carbocycles. The molecule has 2 aromatic heterocycles. The van der Waals surface area contributed by atoms with Crippen molar-refractivity contribution in [3.05, 3.63) is 35.0 Å². The third kappa shape index (κ3) is 5.18. The molecule has 1 aliphatic carbocycles. The Balaban J connectivity index is 1.52. The molecule has 2 aliphatic rings. The molecule has 3 aromatic rings. The molecule has 1 unspecified atom stereocenters. The Morgan fingerprint density at radius 2 is 1.77 bits per heavy atom. The molecule has 9 nitrogen and oxygen atoms in total. The minimum atomic E-state index is -0.872. The summed E-state index contributed by atoms with van der Waals surface area (Å²) in [6.45, 7) is 1.36. The van der Waals surface area contributed by atoms with Gasteiger partial charge in [0, 0.05) is 30.3 Å². The number of hydrogen-bond donors (Lipinski definition) is 4. The summed E-state index contributed by atoms with van der Waals surface area (Å²) >= 11 is 5.79. The van der Waals surface area contributed by atoms with Gasteiger partial charge in [0.15, 0.2) is 17.3 Å². The molecule has 1 saturated heterocycles. The lowest BCUT2D eigenvalue weighted by atomic mass is 9.85. The van der Waals surface area contributed by atoms with Crippen LogP contribution in [-0.4, -0.2) is 50.1 Å². The first-order valence-corrected chi connectivity index (χ1v) is 12.2. The van der Waals surface area contributed by atoms with E-state index in [0.29, 0.717) is 56.0 Å². The molecule has 1 saturated carbocycles. The highest BCUT2D eigenvalue weighted by Crippen LogP contribution is 2.38. The number of aliphatic hydroxyl groups is 1. The Labute approximate surface area is 206 Å². The summed E-state index contributed by atoms with van der Waals surface area (Å²) in [7, 11) is 0. The normalized spacial score (nSPS) is 22.3. The molecule has 0 bridgehead atoms. The van der Waals surface area contributed by atoms with Gasteiger partial charge in [-0.3, -0.25) is 4.57 Å². The minimum absolute atomic E-state index is 0.00368. The zero-order chi connectivity index (χ0) is 24.5. The predicted octanol–water partition coefficient (Wildman–Crippen LogP) is 4.10. The van der Waals surface area contributed by atoms with Crippen LogP contribution in [0.15, 0.2) is 18.3 Å². The fourth-order valence-corrected chi connectivity index (χ4v) is 5.09. The van der Waals surface area contributed by atoms with Gasteiger partial charge in [-0.2, -0.15) is 4.98 Å². The van der Waals surface area contributed by atoms with Crippen LogP contribution < -0.4 is 16.4 Å². The standard InChI is InChI=1S/C23H28ClF2N7O2/c24-13-9-16(25)19(17(26)10-13)31-23-30-18-11-28-22(29-14-5-7-35-8-6-14)32-21(18)33(23)15-3-1-12(2-4-15)20(27)34/h9-12,14-15,20,34H,1-8,27H2,(H,30,31)(H,28,29,32). The zero-order valence-corrected chi connectivity index (χ0v) is 19.8. The lowest BCUT2D eigenvalue weighted by Gasteiger charge is -2.31. The number of fused-ring (bicyclic) bond motifs is 1. The second-order valence-corrected chi connectivity index (χ2v) is 9.60. The molecule has 5 N–H and O–H groups in total. The lowest BCUT2D eigenvalue weighted by molar-refractivity contribution is 0.0809. The van der Waals surface area contributed by atoms with Gasteiger partial charge in [-0.25, -0.2) is 18.7 Å². The first-order chi connectivity index (χ1) is 16.9. The topological polar surface area (TPSA) is 123 Å². The molecule has 1 aliphatic heterocycles. The van der Waals surface area contributed by atoms with Crippen molar-refractivity contribution in [2.24, 2.45) is 11.7 Å². The van der Waals surface area contributed by atoms with Gasteiger partial charge in [-0.15, -0.1) is 0 Å². The van der Waals surface area contributed by atoms with Crippen LogP contribution in [0.2, 0.25) is 5.02 Å². The van der Waals surface area contributed by atoms with Crippen LogP contribution in [0.4, 0.5) is 26.4 Å². The molecular weight excluding hydrogens is 480 g/mol. The number of imidazole rings is 1. The van der Waals surface area contributed by atoms with Gasteiger partial charge < -0.3 is 26.2 Å². The lowest BCUT2D eigenvalue weighted by Crippen LogP contribution is -2.33. The van der Waals surface area contributed by atoms with E-state index >= 15 is 0 Å². The summed E-state index contributed by atoms with van der Waals surface area (Å²) in [6, 6.07) is 2.24. The van der Waals surface area contributed by atoms with Crippen LogP contribution in [0.5, 0.6) is 0 Å².